The molecule has 2 aromatic heterocycles. The summed E-state index contributed by atoms with van der Waals surface area (Å²) in [5, 5.41) is 5.25. The molecule has 2 nitrogen and oxygen atoms in total. The standard InChI is InChI=1S/C52H40N2S/c1-5-13-46-40(9-1)45-30-38(22-24-47(45)52(46)34-26-32-25-33(28-34)29-35(52)27-32)53(39-21-23-44-43-12-4-8-16-50(43)55-51(44)31-39)36-17-19-37(20-18-36)54-48-14-6-2-10-41(48)42-11-3-7-15-49(42)54/h1-24,30-35H,25-29H2. The van der Waals surface area contributed by atoms with E-state index in [9.17, 15) is 0 Å². The number of rotatable bonds is 4. The topological polar surface area (TPSA) is 8.17 Å². The van der Waals surface area contributed by atoms with Crippen LogP contribution in [-0.4, -0.2) is 4.57 Å². The summed E-state index contributed by atoms with van der Waals surface area (Å²) >= 11 is 1.89. The van der Waals surface area contributed by atoms with Gasteiger partial charge in [-0.2, -0.15) is 0 Å². The zero-order valence-corrected chi connectivity index (χ0v) is 31.5. The Bertz CT molecular complexity index is 2940. The van der Waals surface area contributed by atoms with Crippen molar-refractivity contribution in [2.75, 3.05) is 4.90 Å². The van der Waals surface area contributed by atoms with Gasteiger partial charge in [-0.05, 0) is 145 Å². The van der Waals surface area contributed by atoms with E-state index in [1.807, 2.05) is 11.3 Å². The Morgan fingerprint density at radius 2 is 1.02 bits per heavy atom. The molecule has 0 unspecified atom stereocenters. The summed E-state index contributed by atoms with van der Waals surface area (Å²) in [6, 6.07) is 59.8. The second-order valence-corrected chi connectivity index (χ2v) is 18.0. The minimum Gasteiger partial charge on any atom is -0.310 e. The first kappa shape index (κ1) is 30.7. The number of hydrogen-bond donors (Lipinski definition) is 0. The third kappa shape index (κ3) is 4.14. The van der Waals surface area contributed by atoms with Crippen molar-refractivity contribution in [3.63, 3.8) is 0 Å². The largest absolute Gasteiger partial charge is 0.310 e. The van der Waals surface area contributed by atoms with Crippen LogP contribution in [0.3, 0.4) is 0 Å². The van der Waals surface area contributed by atoms with Crippen molar-refractivity contribution in [2.45, 2.75) is 37.5 Å². The fraction of sp³-hybridized carbons (Fsp3) is 0.192. The van der Waals surface area contributed by atoms with E-state index in [4.69, 9.17) is 0 Å². The molecule has 5 aliphatic carbocycles. The highest BCUT2D eigenvalue weighted by atomic mass is 32.1. The average Bonchev–Trinajstić information content (AvgIpc) is 3.86. The van der Waals surface area contributed by atoms with Gasteiger partial charge in [0.25, 0.3) is 0 Å². The molecule has 0 N–H and O–H groups in total. The minimum absolute atomic E-state index is 0.169. The number of nitrogens with zero attached hydrogens (tertiary/aromatic N) is 2. The minimum atomic E-state index is 0.169. The predicted octanol–water partition coefficient (Wildman–Crippen LogP) is 14.3. The molecule has 1 spiro atoms. The number of hydrogen-bond acceptors (Lipinski definition) is 2. The lowest BCUT2D eigenvalue weighted by atomic mass is 9.43. The highest BCUT2D eigenvalue weighted by molar-refractivity contribution is 7.25. The zero-order valence-electron chi connectivity index (χ0n) is 30.7. The van der Waals surface area contributed by atoms with Crippen LogP contribution < -0.4 is 4.90 Å². The summed E-state index contributed by atoms with van der Waals surface area (Å²) in [4.78, 5) is 2.50. The number of aromatic nitrogens is 1. The van der Waals surface area contributed by atoms with Gasteiger partial charge < -0.3 is 9.47 Å². The lowest BCUT2D eigenvalue weighted by Gasteiger charge is -2.61. The molecule has 4 saturated carbocycles. The van der Waals surface area contributed by atoms with Crippen LogP contribution in [0.25, 0.3) is 58.8 Å². The van der Waals surface area contributed by atoms with E-state index in [1.54, 1.807) is 11.1 Å². The monoisotopic (exact) mass is 724 g/mol. The molecule has 5 aliphatic rings. The Hall–Kier alpha value is -5.64. The second-order valence-electron chi connectivity index (χ2n) is 16.9. The molecule has 0 radical (unpaired) electrons. The molecule has 14 rings (SSSR count). The highest BCUT2D eigenvalue weighted by Gasteiger charge is 2.61. The summed E-state index contributed by atoms with van der Waals surface area (Å²) in [6.07, 6.45) is 7.10. The number of benzene rings is 7. The van der Waals surface area contributed by atoms with Crippen molar-refractivity contribution in [2.24, 2.45) is 23.7 Å². The van der Waals surface area contributed by atoms with E-state index in [-0.39, 0.29) is 5.41 Å². The molecule has 0 amide bonds. The second kappa shape index (κ2) is 11.2. The molecular formula is C52H40N2S. The van der Waals surface area contributed by atoms with Gasteiger partial charge in [-0.3, -0.25) is 0 Å². The van der Waals surface area contributed by atoms with Crippen LogP contribution in [0.1, 0.15) is 43.2 Å². The van der Waals surface area contributed by atoms with Gasteiger partial charge in [0.15, 0.2) is 0 Å². The van der Waals surface area contributed by atoms with Gasteiger partial charge in [0, 0.05) is 59.1 Å². The Kier molecular flexibility index (Phi) is 6.25. The molecule has 4 fully saturated rings. The van der Waals surface area contributed by atoms with Gasteiger partial charge in [0.05, 0.1) is 11.0 Å². The molecule has 4 bridgehead atoms. The van der Waals surface area contributed by atoms with Crippen molar-refractivity contribution in [3.05, 3.63) is 169 Å². The zero-order chi connectivity index (χ0) is 35.8. The summed E-state index contributed by atoms with van der Waals surface area (Å²) in [5.41, 5.74) is 13.5. The first-order chi connectivity index (χ1) is 27.2. The molecule has 3 heteroatoms. The van der Waals surface area contributed by atoms with Crippen LogP contribution in [0.15, 0.2) is 158 Å². The molecule has 7 aromatic carbocycles. The first-order valence-electron chi connectivity index (χ1n) is 20.3. The Morgan fingerprint density at radius 1 is 0.455 bits per heavy atom. The number of thiophene rings is 1. The van der Waals surface area contributed by atoms with Crippen LogP contribution in [-0.2, 0) is 5.41 Å². The number of para-hydroxylation sites is 2. The Balaban J connectivity index is 0.996. The summed E-state index contributed by atoms with van der Waals surface area (Å²) < 4.78 is 5.08. The van der Waals surface area contributed by atoms with Gasteiger partial charge in [0.1, 0.15) is 0 Å². The van der Waals surface area contributed by atoms with E-state index in [1.165, 1.54) is 108 Å². The van der Waals surface area contributed by atoms with Crippen LogP contribution in [0.5, 0.6) is 0 Å². The molecule has 2 heterocycles. The van der Waals surface area contributed by atoms with E-state index >= 15 is 0 Å². The third-order valence-electron chi connectivity index (χ3n) is 14.4. The van der Waals surface area contributed by atoms with Gasteiger partial charge in [-0.25, -0.2) is 0 Å². The van der Waals surface area contributed by atoms with Crippen molar-refractivity contribution in [1.82, 2.24) is 4.57 Å². The van der Waals surface area contributed by atoms with Crippen molar-refractivity contribution in [1.29, 1.82) is 0 Å². The Labute approximate surface area is 325 Å². The maximum Gasteiger partial charge on any atom is 0.0541 e. The van der Waals surface area contributed by atoms with Crippen LogP contribution in [0, 0.1) is 23.7 Å². The fourth-order valence-electron chi connectivity index (χ4n) is 12.5. The number of fused-ring (bicyclic) bond motifs is 9. The molecule has 9 aromatic rings. The maximum atomic E-state index is 2.56. The van der Waals surface area contributed by atoms with Crippen molar-refractivity contribution >= 4 is 70.4 Å². The van der Waals surface area contributed by atoms with Crippen LogP contribution in [0.2, 0.25) is 0 Å². The summed E-state index contributed by atoms with van der Waals surface area (Å²) in [5.74, 6) is 3.40. The summed E-state index contributed by atoms with van der Waals surface area (Å²) in [7, 11) is 0. The normalized spacial score (nSPS) is 23.3. The fourth-order valence-corrected chi connectivity index (χ4v) is 13.7. The lowest BCUT2D eigenvalue weighted by Crippen LogP contribution is -2.55. The predicted molar refractivity (Wildman–Crippen MR) is 232 cm³/mol. The van der Waals surface area contributed by atoms with Crippen molar-refractivity contribution < 1.29 is 0 Å². The Morgan fingerprint density at radius 3 is 1.76 bits per heavy atom. The van der Waals surface area contributed by atoms with Crippen LogP contribution >= 0.6 is 11.3 Å². The molecule has 264 valence electrons. The molecule has 0 atom stereocenters. The highest BCUT2D eigenvalue weighted by Crippen LogP contribution is 2.69. The summed E-state index contributed by atoms with van der Waals surface area (Å²) in [6.45, 7) is 0. The van der Waals surface area contributed by atoms with Gasteiger partial charge >= 0.3 is 0 Å². The van der Waals surface area contributed by atoms with E-state index in [2.05, 4.69) is 167 Å². The van der Waals surface area contributed by atoms with E-state index in [0.29, 0.717) is 0 Å². The molecule has 0 aliphatic heterocycles. The SMILES string of the molecule is c1ccc2c(c1)-c1cc(N(c3ccc(-n4c5ccccc5c5ccccc54)cc3)c3ccc4c(c3)sc3ccccc34)ccc1C21C2CC3CC(C2)CC1C3. The smallest absolute Gasteiger partial charge is 0.0541 e. The average molecular weight is 725 g/mol. The lowest BCUT2D eigenvalue weighted by molar-refractivity contribution is -0.0399. The third-order valence-corrected chi connectivity index (χ3v) is 15.5. The van der Waals surface area contributed by atoms with Gasteiger partial charge in [0.2, 0.25) is 0 Å². The van der Waals surface area contributed by atoms with Gasteiger partial charge in [-0.1, -0.05) is 91.0 Å². The van der Waals surface area contributed by atoms with E-state index < -0.39 is 0 Å². The number of anilines is 3. The van der Waals surface area contributed by atoms with Crippen molar-refractivity contribution in [3.8, 4) is 16.8 Å². The molecular weight excluding hydrogens is 685 g/mol. The molecule has 0 saturated heterocycles. The van der Waals surface area contributed by atoms with Crippen LogP contribution in [0.4, 0.5) is 17.1 Å². The van der Waals surface area contributed by atoms with Gasteiger partial charge in [-0.15, -0.1) is 11.3 Å². The quantitative estimate of drug-likeness (QED) is 0.175. The van der Waals surface area contributed by atoms with E-state index in [0.717, 1.165) is 23.7 Å². The first-order valence-corrected chi connectivity index (χ1v) is 21.1. The maximum absolute atomic E-state index is 2.56. The molecule has 55 heavy (non-hydrogen) atoms.